The van der Waals surface area contributed by atoms with Crippen LogP contribution >= 0.6 is 11.6 Å². The maximum atomic E-state index is 13.0. The van der Waals surface area contributed by atoms with Crippen molar-refractivity contribution in [2.24, 2.45) is 0 Å². The summed E-state index contributed by atoms with van der Waals surface area (Å²) in [5.41, 5.74) is 4.05. The summed E-state index contributed by atoms with van der Waals surface area (Å²) in [6.07, 6.45) is 5.55. The second-order valence-corrected chi connectivity index (χ2v) is 8.34. The first-order valence-electron chi connectivity index (χ1n) is 10.5. The molecule has 0 atom stereocenters. The molecule has 164 valence electrons. The zero-order valence-corrected chi connectivity index (χ0v) is 19.4. The standard InChI is InChI=1S/C24H33ClN2O3/c1-6-27(21-9-11-30-12-10-21)23-14-20(25)13-22(17(23)4)24(29)26-15-19(18(5)28)8-7-16(2)3/h7-8,13-14,21H,6,9-12,15H2,1-5H3,(H,26,29). The first-order chi connectivity index (χ1) is 14.2. The van der Waals surface area contributed by atoms with Crippen LogP contribution < -0.4 is 10.2 Å². The van der Waals surface area contributed by atoms with Gasteiger partial charge in [-0.05, 0) is 65.2 Å². The van der Waals surface area contributed by atoms with Gasteiger partial charge in [0.15, 0.2) is 5.78 Å². The molecule has 1 fully saturated rings. The lowest BCUT2D eigenvalue weighted by Crippen LogP contribution is -2.40. The predicted molar refractivity (Wildman–Crippen MR) is 124 cm³/mol. The summed E-state index contributed by atoms with van der Waals surface area (Å²) >= 11 is 6.40. The Morgan fingerprint density at radius 2 is 1.87 bits per heavy atom. The van der Waals surface area contributed by atoms with Crippen molar-refractivity contribution in [3.05, 3.63) is 51.6 Å². The van der Waals surface area contributed by atoms with E-state index in [1.807, 2.05) is 32.9 Å². The van der Waals surface area contributed by atoms with E-state index in [0.717, 1.165) is 49.4 Å². The Morgan fingerprint density at radius 1 is 1.20 bits per heavy atom. The average Bonchev–Trinajstić information content (AvgIpc) is 2.70. The lowest BCUT2D eigenvalue weighted by Gasteiger charge is -2.36. The van der Waals surface area contributed by atoms with Crippen molar-refractivity contribution in [3.8, 4) is 0 Å². The number of nitrogens with zero attached hydrogens (tertiary/aromatic N) is 1. The Bertz CT molecular complexity index is 835. The highest BCUT2D eigenvalue weighted by Gasteiger charge is 2.24. The molecule has 5 nitrogen and oxygen atoms in total. The van der Waals surface area contributed by atoms with E-state index in [0.29, 0.717) is 22.2 Å². The maximum Gasteiger partial charge on any atom is 0.251 e. The van der Waals surface area contributed by atoms with Gasteiger partial charge in [0.1, 0.15) is 0 Å². The molecular weight excluding hydrogens is 400 g/mol. The van der Waals surface area contributed by atoms with E-state index < -0.39 is 0 Å². The molecule has 2 rings (SSSR count). The van der Waals surface area contributed by atoms with Gasteiger partial charge in [-0.15, -0.1) is 0 Å². The van der Waals surface area contributed by atoms with Gasteiger partial charge in [0.2, 0.25) is 0 Å². The van der Waals surface area contributed by atoms with Crippen molar-refractivity contribution >= 4 is 29.0 Å². The monoisotopic (exact) mass is 432 g/mol. The summed E-state index contributed by atoms with van der Waals surface area (Å²) in [6.45, 7) is 12.0. The third-order valence-corrected chi connectivity index (χ3v) is 5.60. The minimum absolute atomic E-state index is 0.0621. The van der Waals surface area contributed by atoms with Gasteiger partial charge in [-0.2, -0.15) is 0 Å². The van der Waals surface area contributed by atoms with Crippen LogP contribution in [0, 0.1) is 6.92 Å². The number of amides is 1. The molecule has 0 bridgehead atoms. The van der Waals surface area contributed by atoms with E-state index in [1.165, 1.54) is 6.92 Å². The molecule has 1 aromatic carbocycles. The van der Waals surface area contributed by atoms with E-state index in [-0.39, 0.29) is 18.2 Å². The van der Waals surface area contributed by atoms with Gasteiger partial charge in [-0.3, -0.25) is 9.59 Å². The van der Waals surface area contributed by atoms with Crippen molar-refractivity contribution in [2.75, 3.05) is 31.2 Å². The van der Waals surface area contributed by atoms with Gasteiger partial charge in [-0.1, -0.05) is 29.3 Å². The molecule has 0 spiro atoms. The quantitative estimate of drug-likeness (QED) is 0.470. The molecule has 30 heavy (non-hydrogen) atoms. The number of benzene rings is 1. The maximum absolute atomic E-state index is 13.0. The molecule has 1 aliphatic heterocycles. The number of Topliss-reactive ketones (excluding diaryl/α,β-unsaturated/α-hetero) is 1. The molecule has 1 aromatic rings. The second kappa shape index (κ2) is 11.3. The number of hydrogen-bond donors (Lipinski definition) is 1. The fourth-order valence-electron chi connectivity index (χ4n) is 3.66. The normalized spacial score (nSPS) is 14.9. The number of anilines is 1. The smallest absolute Gasteiger partial charge is 0.251 e. The Labute approximate surface area is 185 Å². The predicted octanol–water partition coefficient (Wildman–Crippen LogP) is 4.87. The molecule has 0 saturated carbocycles. The molecule has 0 aromatic heterocycles. The number of hydrogen-bond acceptors (Lipinski definition) is 4. The van der Waals surface area contributed by atoms with Crippen LogP contribution in [0.2, 0.25) is 5.02 Å². The number of ketones is 1. The molecule has 1 heterocycles. The number of nitrogens with one attached hydrogen (secondary N) is 1. The SMILES string of the molecule is CCN(c1cc(Cl)cc(C(=O)NCC(=CC=C(C)C)C(C)=O)c1C)C1CCOCC1. The third-order valence-electron chi connectivity index (χ3n) is 5.38. The number of halogens is 1. The molecule has 6 heteroatoms. The van der Waals surface area contributed by atoms with E-state index in [9.17, 15) is 9.59 Å². The highest BCUT2D eigenvalue weighted by atomic mass is 35.5. The number of carbonyl (C=O) groups excluding carboxylic acids is 2. The van der Waals surface area contributed by atoms with Gasteiger partial charge in [0, 0.05) is 54.2 Å². The van der Waals surface area contributed by atoms with Crippen LogP contribution in [0.25, 0.3) is 0 Å². The summed E-state index contributed by atoms with van der Waals surface area (Å²) in [5.74, 6) is -0.295. The third kappa shape index (κ3) is 6.44. The fraction of sp³-hybridized carbons (Fsp3) is 0.500. The molecule has 0 radical (unpaired) electrons. The minimum Gasteiger partial charge on any atom is -0.381 e. The van der Waals surface area contributed by atoms with Crippen molar-refractivity contribution < 1.29 is 14.3 Å². The Hall–Kier alpha value is -2.11. The number of ether oxygens (including phenoxy) is 1. The van der Waals surface area contributed by atoms with Crippen LogP contribution in [0.5, 0.6) is 0 Å². The number of rotatable bonds is 8. The molecule has 0 aliphatic carbocycles. The van der Waals surface area contributed by atoms with E-state index >= 15 is 0 Å². The minimum atomic E-state index is -0.233. The summed E-state index contributed by atoms with van der Waals surface area (Å²) in [4.78, 5) is 27.2. The highest BCUT2D eigenvalue weighted by Crippen LogP contribution is 2.31. The van der Waals surface area contributed by atoms with Crippen molar-refractivity contribution in [3.63, 3.8) is 0 Å². The van der Waals surface area contributed by atoms with Crippen molar-refractivity contribution in [1.29, 1.82) is 0 Å². The van der Waals surface area contributed by atoms with E-state index in [4.69, 9.17) is 16.3 Å². The van der Waals surface area contributed by atoms with Crippen LogP contribution in [0.3, 0.4) is 0 Å². The molecule has 0 unspecified atom stereocenters. The summed E-state index contributed by atoms with van der Waals surface area (Å²) in [5, 5.41) is 3.41. The van der Waals surface area contributed by atoms with Gasteiger partial charge < -0.3 is 15.0 Å². The summed E-state index contributed by atoms with van der Waals surface area (Å²) in [6, 6.07) is 4.00. The Balaban J connectivity index is 2.26. The number of carbonyl (C=O) groups is 2. The van der Waals surface area contributed by atoms with Gasteiger partial charge >= 0.3 is 0 Å². The van der Waals surface area contributed by atoms with Crippen LogP contribution in [0.4, 0.5) is 5.69 Å². The summed E-state index contributed by atoms with van der Waals surface area (Å²) in [7, 11) is 0. The van der Waals surface area contributed by atoms with Gasteiger partial charge in [0.05, 0.1) is 0 Å². The van der Waals surface area contributed by atoms with Crippen molar-refractivity contribution in [2.45, 2.75) is 53.5 Å². The molecule has 1 N–H and O–H groups in total. The second-order valence-electron chi connectivity index (χ2n) is 7.90. The first kappa shape index (κ1) is 24.2. The van der Waals surface area contributed by atoms with Crippen LogP contribution in [0.1, 0.15) is 56.5 Å². The van der Waals surface area contributed by atoms with Crippen molar-refractivity contribution in [1.82, 2.24) is 5.32 Å². The first-order valence-corrected chi connectivity index (χ1v) is 10.9. The highest BCUT2D eigenvalue weighted by molar-refractivity contribution is 6.31. The Morgan fingerprint density at radius 3 is 2.43 bits per heavy atom. The zero-order chi connectivity index (χ0) is 22.3. The van der Waals surface area contributed by atoms with E-state index in [1.54, 1.807) is 12.1 Å². The molecular formula is C24H33ClN2O3. The van der Waals surface area contributed by atoms with Gasteiger partial charge in [0.25, 0.3) is 5.91 Å². The number of allylic oxidation sites excluding steroid dienone is 3. The lowest BCUT2D eigenvalue weighted by atomic mass is 10.0. The average molecular weight is 433 g/mol. The van der Waals surface area contributed by atoms with Gasteiger partial charge in [-0.25, -0.2) is 0 Å². The van der Waals surface area contributed by atoms with Crippen LogP contribution in [0.15, 0.2) is 35.4 Å². The van der Waals surface area contributed by atoms with Crippen LogP contribution in [-0.2, 0) is 9.53 Å². The molecule has 1 saturated heterocycles. The lowest BCUT2D eigenvalue weighted by molar-refractivity contribution is -0.113. The largest absolute Gasteiger partial charge is 0.381 e. The Kier molecular flexibility index (Phi) is 9.12. The topological polar surface area (TPSA) is 58.6 Å². The zero-order valence-electron chi connectivity index (χ0n) is 18.7. The summed E-state index contributed by atoms with van der Waals surface area (Å²) < 4.78 is 5.50. The molecule has 1 aliphatic rings. The van der Waals surface area contributed by atoms with E-state index in [2.05, 4.69) is 17.1 Å². The molecule has 1 amide bonds. The van der Waals surface area contributed by atoms with Crippen LogP contribution in [-0.4, -0.2) is 44.0 Å². The fourth-order valence-corrected chi connectivity index (χ4v) is 3.87.